The first kappa shape index (κ1) is 10.8. The molecule has 0 unspecified atom stereocenters. The van der Waals surface area contributed by atoms with Gasteiger partial charge in [-0.05, 0) is 18.6 Å². The smallest absolute Gasteiger partial charge is 0.262 e. The third-order valence-electron chi connectivity index (χ3n) is 1.88. The zero-order valence-electron chi connectivity index (χ0n) is 8.27. The van der Waals surface area contributed by atoms with E-state index >= 15 is 0 Å². The van der Waals surface area contributed by atoms with Crippen molar-refractivity contribution in [1.29, 1.82) is 0 Å². The number of nitrogens with two attached hydrogens (primary N) is 1. The maximum absolute atomic E-state index is 12.6. The van der Waals surface area contributed by atoms with E-state index in [1.54, 1.807) is 12.1 Å². The van der Waals surface area contributed by atoms with Gasteiger partial charge in [-0.1, -0.05) is 12.1 Å². The maximum Gasteiger partial charge on any atom is 0.262 e. The Kier molecular flexibility index (Phi) is 2.93. The molecule has 0 aliphatic heterocycles. The first-order chi connectivity index (χ1) is 6.40. The molecule has 4 heteroatoms. The van der Waals surface area contributed by atoms with E-state index in [1.807, 2.05) is 13.0 Å². The van der Waals surface area contributed by atoms with E-state index in [9.17, 15) is 8.78 Å². The molecule has 2 nitrogen and oxygen atoms in total. The van der Waals surface area contributed by atoms with E-state index in [0.717, 1.165) is 12.5 Å². The van der Waals surface area contributed by atoms with E-state index < -0.39 is 12.5 Å². The molecule has 1 aromatic rings. The summed E-state index contributed by atoms with van der Waals surface area (Å²) < 4.78 is 25.1. The Morgan fingerprint density at radius 3 is 2.57 bits per heavy atom. The molecule has 0 heterocycles. The lowest BCUT2D eigenvalue weighted by Gasteiger charge is -2.15. The van der Waals surface area contributed by atoms with Gasteiger partial charge in [-0.15, -0.1) is 0 Å². The Hall–Kier alpha value is -1.32. The van der Waals surface area contributed by atoms with Gasteiger partial charge in [0.1, 0.15) is 0 Å². The van der Waals surface area contributed by atoms with Crippen molar-refractivity contribution >= 4 is 11.4 Å². The minimum absolute atomic E-state index is 0.401. The van der Waals surface area contributed by atoms with E-state index in [0.29, 0.717) is 11.4 Å². The lowest BCUT2D eigenvalue weighted by atomic mass is 10.1. The SMILES string of the molecule is Cc1cccc(N)c1NCC(C)(F)F. The highest BCUT2D eigenvalue weighted by atomic mass is 19.3. The van der Waals surface area contributed by atoms with Crippen LogP contribution >= 0.6 is 0 Å². The van der Waals surface area contributed by atoms with Gasteiger partial charge >= 0.3 is 0 Å². The second-order valence-corrected chi connectivity index (χ2v) is 3.46. The molecular formula is C10H14F2N2. The van der Waals surface area contributed by atoms with Crippen LogP contribution in [-0.4, -0.2) is 12.5 Å². The largest absolute Gasteiger partial charge is 0.397 e. The Morgan fingerprint density at radius 1 is 1.43 bits per heavy atom. The number of para-hydroxylation sites is 1. The zero-order chi connectivity index (χ0) is 10.8. The number of anilines is 2. The number of alkyl halides is 2. The van der Waals surface area contributed by atoms with Gasteiger partial charge in [-0.25, -0.2) is 8.78 Å². The topological polar surface area (TPSA) is 38.0 Å². The number of nitrogens with one attached hydrogen (secondary N) is 1. The monoisotopic (exact) mass is 200 g/mol. The molecule has 3 N–H and O–H groups in total. The standard InChI is InChI=1S/C10H14F2N2/c1-7-4-3-5-8(13)9(7)14-6-10(2,11)12/h3-5,14H,6,13H2,1-2H3. The maximum atomic E-state index is 12.6. The summed E-state index contributed by atoms with van der Waals surface area (Å²) in [6.45, 7) is 2.29. The molecule has 0 spiro atoms. The lowest BCUT2D eigenvalue weighted by Crippen LogP contribution is -2.23. The second kappa shape index (κ2) is 3.82. The Morgan fingerprint density at radius 2 is 2.07 bits per heavy atom. The minimum Gasteiger partial charge on any atom is -0.397 e. The number of benzene rings is 1. The molecule has 0 radical (unpaired) electrons. The van der Waals surface area contributed by atoms with Crippen LogP contribution in [0.5, 0.6) is 0 Å². The molecule has 0 bridgehead atoms. The molecule has 14 heavy (non-hydrogen) atoms. The number of hydrogen-bond acceptors (Lipinski definition) is 2. The molecule has 1 aromatic carbocycles. The van der Waals surface area contributed by atoms with E-state index in [1.165, 1.54) is 0 Å². The molecule has 0 fully saturated rings. The Balaban J connectivity index is 2.77. The van der Waals surface area contributed by atoms with Crippen LogP contribution in [-0.2, 0) is 0 Å². The van der Waals surface area contributed by atoms with Crippen molar-refractivity contribution in [3.8, 4) is 0 Å². The van der Waals surface area contributed by atoms with Gasteiger partial charge < -0.3 is 11.1 Å². The predicted octanol–water partition coefficient (Wildman–Crippen LogP) is 2.64. The van der Waals surface area contributed by atoms with Gasteiger partial charge in [-0.3, -0.25) is 0 Å². The van der Waals surface area contributed by atoms with Crippen molar-refractivity contribution in [3.05, 3.63) is 23.8 Å². The second-order valence-electron chi connectivity index (χ2n) is 3.46. The molecule has 78 valence electrons. The summed E-state index contributed by atoms with van der Waals surface area (Å²) in [7, 11) is 0. The fraction of sp³-hybridized carbons (Fsp3) is 0.400. The average Bonchev–Trinajstić information content (AvgIpc) is 2.01. The van der Waals surface area contributed by atoms with Gasteiger partial charge in [0, 0.05) is 6.92 Å². The number of rotatable bonds is 3. The summed E-state index contributed by atoms with van der Waals surface area (Å²) in [5.74, 6) is -2.73. The fourth-order valence-electron chi connectivity index (χ4n) is 1.18. The van der Waals surface area contributed by atoms with Crippen molar-refractivity contribution in [2.24, 2.45) is 0 Å². The number of hydrogen-bond donors (Lipinski definition) is 2. The molecule has 0 aliphatic rings. The van der Waals surface area contributed by atoms with E-state index in [4.69, 9.17) is 5.73 Å². The van der Waals surface area contributed by atoms with Crippen LogP contribution in [0.3, 0.4) is 0 Å². The lowest BCUT2D eigenvalue weighted by molar-refractivity contribution is 0.0368. The summed E-state index contributed by atoms with van der Waals surface area (Å²) in [5, 5.41) is 2.65. The first-order valence-corrected chi connectivity index (χ1v) is 4.37. The molecule has 0 aromatic heterocycles. The van der Waals surface area contributed by atoms with Crippen LogP contribution in [0.1, 0.15) is 12.5 Å². The molecule has 0 amide bonds. The number of halogens is 2. The molecule has 1 rings (SSSR count). The highest BCUT2D eigenvalue weighted by molar-refractivity contribution is 5.69. The van der Waals surface area contributed by atoms with Crippen LogP contribution in [0.25, 0.3) is 0 Å². The van der Waals surface area contributed by atoms with Crippen molar-refractivity contribution < 1.29 is 8.78 Å². The minimum atomic E-state index is -2.73. The quantitative estimate of drug-likeness (QED) is 0.736. The van der Waals surface area contributed by atoms with Crippen molar-refractivity contribution in [1.82, 2.24) is 0 Å². The van der Waals surface area contributed by atoms with E-state index in [-0.39, 0.29) is 0 Å². The van der Waals surface area contributed by atoms with Crippen LogP contribution in [0.15, 0.2) is 18.2 Å². The summed E-state index contributed by atoms with van der Waals surface area (Å²) in [6, 6.07) is 5.30. The van der Waals surface area contributed by atoms with Crippen molar-refractivity contribution in [2.75, 3.05) is 17.6 Å². The van der Waals surface area contributed by atoms with Gasteiger partial charge in [-0.2, -0.15) is 0 Å². The normalized spacial score (nSPS) is 11.4. The van der Waals surface area contributed by atoms with Gasteiger partial charge in [0.15, 0.2) is 0 Å². The van der Waals surface area contributed by atoms with Crippen molar-refractivity contribution in [2.45, 2.75) is 19.8 Å². The van der Waals surface area contributed by atoms with Gasteiger partial charge in [0.25, 0.3) is 5.92 Å². The highest BCUT2D eigenvalue weighted by Crippen LogP contribution is 2.23. The van der Waals surface area contributed by atoms with Crippen LogP contribution in [0.4, 0.5) is 20.2 Å². The summed E-state index contributed by atoms with van der Waals surface area (Å²) in [4.78, 5) is 0. The van der Waals surface area contributed by atoms with Gasteiger partial charge in [0.2, 0.25) is 0 Å². The molecule has 0 saturated heterocycles. The highest BCUT2D eigenvalue weighted by Gasteiger charge is 2.20. The van der Waals surface area contributed by atoms with Crippen LogP contribution in [0.2, 0.25) is 0 Å². The van der Waals surface area contributed by atoms with Crippen LogP contribution in [0, 0.1) is 6.92 Å². The third kappa shape index (κ3) is 2.87. The number of nitrogen functional groups attached to an aromatic ring is 1. The fourth-order valence-corrected chi connectivity index (χ4v) is 1.18. The van der Waals surface area contributed by atoms with Gasteiger partial charge in [0.05, 0.1) is 17.9 Å². The Bertz CT molecular complexity index is 298. The van der Waals surface area contributed by atoms with Crippen molar-refractivity contribution in [3.63, 3.8) is 0 Å². The van der Waals surface area contributed by atoms with E-state index in [2.05, 4.69) is 5.32 Å². The average molecular weight is 200 g/mol. The van der Waals surface area contributed by atoms with Crippen LogP contribution < -0.4 is 11.1 Å². The molecular weight excluding hydrogens is 186 g/mol. The first-order valence-electron chi connectivity index (χ1n) is 4.37. The summed E-state index contributed by atoms with van der Waals surface area (Å²) in [6.07, 6.45) is 0. The number of aryl methyl sites for hydroxylation is 1. The summed E-state index contributed by atoms with van der Waals surface area (Å²) >= 11 is 0. The zero-order valence-corrected chi connectivity index (χ0v) is 8.27. The summed E-state index contributed by atoms with van der Waals surface area (Å²) in [5.41, 5.74) is 7.60. The third-order valence-corrected chi connectivity index (χ3v) is 1.88. The molecule has 0 saturated carbocycles. The predicted molar refractivity (Wildman–Crippen MR) is 54.7 cm³/mol. The molecule has 0 atom stereocenters. The Labute approximate surface area is 82.1 Å². The molecule has 0 aliphatic carbocycles.